The molecule has 0 saturated carbocycles. The van der Waals surface area contributed by atoms with Crippen LogP contribution in [-0.4, -0.2) is 29.3 Å². The van der Waals surface area contributed by atoms with Gasteiger partial charge in [-0.25, -0.2) is 4.79 Å². The second-order valence-electron chi connectivity index (χ2n) is 4.02. The Bertz CT molecular complexity index is 474. The van der Waals surface area contributed by atoms with Crippen molar-refractivity contribution in [2.75, 3.05) is 6.26 Å². The highest BCUT2D eigenvalue weighted by molar-refractivity contribution is 7.97. The van der Waals surface area contributed by atoms with E-state index in [-0.39, 0.29) is 12.3 Å². The Morgan fingerprint density at radius 3 is 2.84 bits per heavy atom. The molecule has 0 bridgehead atoms. The Balaban J connectivity index is 2.78. The van der Waals surface area contributed by atoms with Crippen molar-refractivity contribution in [2.24, 2.45) is 0 Å². The Morgan fingerprint density at radius 2 is 2.26 bits per heavy atom. The summed E-state index contributed by atoms with van der Waals surface area (Å²) < 4.78 is 0. The van der Waals surface area contributed by atoms with Gasteiger partial charge in [-0.15, -0.1) is 6.58 Å². The van der Waals surface area contributed by atoms with E-state index in [9.17, 15) is 9.59 Å². The predicted octanol–water partition coefficient (Wildman–Crippen LogP) is 2.31. The summed E-state index contributed by atoms with van der Waals surface area (Å²) in [6.07, 6.45) is 3.66. The molecule has 0 aliphatic heterocycles. The fourth-order valence-electron chi connectivity index (χ4n) is 1.60. The first-order valence-electron chi connectivity index (χ1n) is 5.81. The quantitative estimate of drug-likeness (QED) is 0.752. The molecule has 1 rings (SSSR count). The van der Waals surface area contributed by atoms with Gasteiger partial charge in [-0.3, -0.25) is 4.79 Å². The first-order valence-corrected chi connectivity index (χ1v) is 7.20. The summed E-state index contributed by atoms with van der Waals surface area (Å²) in [5.41, 5.74) is 1.51. The van der Waals surface area contributed by atoms with E-state index in [2.05, 4.69) is 11.9 Å². The van der Waals surface area contributed by atoms with Gasteiger partial charge in [0.1, 0.15) is 6.04 Å². The molecule has 102 valence electrons. The van der Waals surface area contributed by atoms with Crippen LogP contribution in [0.15, 0.2) is 36.9 Å². The molecule has 0 aliphatic rings. The number of hydrogen-bond donors (Lipinski definition) is 2. The highest BCUT2D eigenvalue weighted by atomic mass is 32.2. The van der Waals surface area contributed by atoms with Gasteiger partial charge in [-0.1, -0.05) is 18.2 Å². The van der Waals surface area contributed by atoms with Gasteiger partial charge in [0, 0.05) is 11.3 Å². The van der Waals surface area contributed by atoms with Crippen molar-refractivity contribution >= 4 is 23.6 Å². The molecular weight excluding hydrogens is 262 g/mol. The van der Waals surface area contributed by atoms with E-state index >= 15 is 0 Å². The summed E-state index contributed by atoms with van der Waals surface area (Å²) in [5, 5.41) is 11.5. The summed E-state index contributed by atoms with van der Waals surface area (Å²) in [7, 11) is 0. The summed E-state index contributed by atoms with van der Waals surface area (Å²) in [5.74, 6) is -0.624. The van der Waals surface area contributed by atoms with Crippen molar-refractivity contribution in [3.05, 3.63) is 48.0 Å². The van der Waals surface area contributed by atoms with Crippen LogP contribution in [-0.2, 0) is 10.5 Å². The number of carbonyl (C=O) groups excluding carboxylic acids is 1. The molecule has 0 fully saturated rings. The maximum absolute atomic E-state index is 12.0. The van der Waals surface area contributed by atoms with Crippen molar-refractivity contribution < 1.29 is 14.7 Å². The van der Waals surface area contributed by atoms with Crippen LogP contribution in [0.2, 0.25) is 0 Å². The Kier molecular flexibility index (Phi) is 6.15. The number of nitrogens with one attached hydrogen (secondary N) is 1. The van der Waals surface area contributed by atoms with E-state index in [1.165, 1.54) is 6.08 Å². The van der Waals surface area contributed by atoms with Crippen LogP contribution in [0.5, 0.6) is 0 Å². The number of carboxylic acids is 1. The monoisotopic (exact) mass is 279 g/mol. The lowest BCUT2D eigenvalue weighted by Crippen LogP contribution is -2.40. The van der Waals surface area contributed by atoms with Gasteiger partial charge in [0.25, 0.3) is 5.91 Å². The van der Waals surface area contributed by atoms with Crippen molar-refractivity contribution in [3.63, 3.8) is 0 Å². The van der Waals surface area contributed by atoms with E-state index in [1.54, 1.807) is 30.0 Å². The fraction of sp³-hybridized carbons (Fsp3) is 0.286. The average Bonchev–Trinajstić information content (AvgIpc) is 2.38. The summed E-state index contributed by atoms with van der Waals surface area (Å²) in [4.78, 5) is 22.9. The maximum atomic E-state index is 12.0. The zero-order valence-electron chi connectivity index (χ0n) is 10.8. The van der Waals surface area contributed by atoms with Crippen molar-refractivity contribution in [3.8, 4) is 0 Å². The second kappa shape index (κ2) is 7.63. The molecule has 19 heavy (non-hydrogen) atoms. The first-order chi connectivity index (χ1) is 9.08. The third-order valence-corrected chi connectivity index (χ3v) is 3.13. The number of carbonyl (C=O) groups is 2. The minimum Gasteiger partial charge on any atom is -0.480 e. The first kappa shape index (κ1) is 15.3. The van der Waals surface area contributed by atoms with Crippen molar-refractivity contribution in [1.82, 2.24) is 5.32 Å². The lowest BCUT2D eigenvalue weighted by molar-refractivity contribution is -0.139. The molecule has 1 atom stereocenters. The molecule has 0 saturated heterocycles. The van der Waals surface area contributed by atoms with E-state index in [0.29, 0.717) is 5.56 Å². The normalized spacial score (nSPS) is 11.6. The maximum Gasteiger partial charge on any atom is 0.326 e. The number of carboxylic acid groups (broad SMARTS) is 1. The highest BCUT2D eigenvalue weighted by Crippen LogP contribution is 2.11. The van der Waals surface area contributed by atoms with E-state index in [4.69, 9.17) is 5.11 Å². The smallest absolute Gasteiger partial charge is 0.326 e. The zero-order valence-corrected chi connectivity index (χ0v) is 11.6. The topological polar surface area (TPSA) is 66.4 Å². The second-order valence-corrected chi connectivity index (χ2v) is 4.89. The largest absolute Gasteiger partial charge is 0.480 e. The molecule has 5 heteroatoms. The third-order valence-electron chi connectivity index (χ3n) is 2.51. The van der Waals surface area contributed by atoms with Crippen LogP contribution >= 0.6 is 11.8 Å². The minimum atomic E-state index is -1.06. The molecule has 0 aliphatic carbocycles. The Hall–Kier alpha value is -1.75. The number of amides is 1. The molecule has 0 aromatic heterocycles. The number of benzene rings is 1. The van der Waals surface area contributed by atoms with Crippen LogP contribution < -0.4 is 5.32 Å². The minimum absolute atomic E-state index is 0.200. The number of thioether (sulfide) groups is 1. The van der Waals surface area contributed by atoms with E-state index < -0.39 is 12.0 Å². The van der Waals surface area contributed by atoms with Crippen LogP contribution in [0.4, 0.5) is 0 Å². The number of aliphatic carboxylic acids is 1. The van der Waals surface area contributed by atoms with Gasteiger partial charge in [-0.05, 0) is 30.4 Å². The van der Waals surface area contributed by atoms with Gasteiger partial charge in [-0.2, -0.15) is 11.8 Å². The highest BCUT2D eigenvalue weighted by Gasteiger charge is 2.19. The summed E-state index contributed by atoms with van der Waals surface area (Å²) in [6, 6.07) is 6.24. The lowest BCUT2D eigenvalue weighted by Gasteiger charge is -2.13. The molecule has 1 amide bonds. The van der Waals surface area contributed by atoms with E-state index in [1.807, 2.05) is 12.3 Å². The van der Waals surface area contributed by atoms with Crippen LogP contribution in [0.3, 0.4) is 0 Å². The fourth-order valence-corrected chi connectivity index (χ4v) is 2.11. The van der Waals surface area contributed by atoms with Crippen LogP contribution in [0.25, 0.3) is 0 Å². The Labute approximate surface area is 116 Å². The van der Waals surface area contributed by atoms with Crippen molar-refractivity contribution in [1.29, 1.82) is 0 Å². The molecule has 4 nitrogen and oxygen atoms in total. The van der Waals surface area contributed by atoms with Gasteiger partial charge >= 0.3 is 5.97 Å². The van der Waals surface area contributed by atoms with E-state index in [0.717, 1.165) is 11.3 Å². The van der Waals surface area contributed by atoms with Crippen LogP contribution in [0.1, 0.15) is 22.3 Å². The molecule has 1 unspecified atom stereocenters. The molecular formula is C14H17NO3S. The lowest BCUT2D eigenvalue weighted by atomic mass is 10.1. The van der Waals surface area contributed by atoms with Gasteiger partial charge < -0.3 is 10.4 Å². The third kappa shape index (κ3) is 4.79. The predicted molar refractivity (Wildman–Crippen MR) is 77.4 cm³/mol. The van der Waals surface area contributed by atoms with Crippen LogP contribution in [0, 0.1) is 0 Å². The number of rotatable bonds is 7. The summed E-state index contributed by atoms with van der Waals surface area (Å²) >= 11 is 1.66. The van der Waals surface area contributed by atoms with Gasteiger partial charge in [0.15, 0.2) is 0 Å². The Morgan fingerprint density at radius 1 is 1.53 bits per heavy atom. The van der Waals surface area contributed by atoms with Crippen molar-refractivity contribution in [2.45, 2.75) is 18.2 Å². The molecule has 0 spiro atoms. The molecule has 0 heterocycles. The molecule has 1 aromatic rings. The number of hydrogen-bond acceptors (Lipinski definition) is 3. The zero-order chi connectivity index (χ0) is 14.3. The molecule has 0 radical (unpaired) electrons. The molecule has 2 N–H and O–H groups in total. The average molecular weight is 279 g/mol. The summed E-state index contributed by atoms with van der Waals surface area (Å²) in [6.45, 7) is 3.48. The van der Waals surface area contributed by atoms with Gasteiger partial charge in [0.05, 0.1) is 0 Å². The van der Waals surface area contributed by atoms with Gasteiger partial charge in [0.2, 0.25) is 0 Å². The molecule has 1 aromatic carbocycles. The standard InChI is InChI=1S/C14H17NO3S/c1-3-5-12(14(17)18)15-13(16)11-7-4-6-10(8-11)9-19-2/h3-4,6-8,12H,1,5,9H2,2H3,(H,15,16)(H,17,18). The SMILES string of the molecule is C=CCC(NC(=O)c1cccc(CSC)c1)C(=O)O.